The van der Waals surface area contributed by atoms with E-state index in [-0.39, 0.29) is 6.29 Å². The molecule has 2 aliphatic carbocycles. The van der Waals surface area contributed by atoms with E-state index in [0.29, 0.717) is 0 Å². The molecule has 3 atom stereocenters. The summed E-state index contributed by atoms with van der Waals surface area (Å²) in [6.45, 7) is 1.78. The second-order valence-corrected chi connectivity index (χ2v) is 5.14. The van der Waals surface area contributed by atoms with Gasteiger partial charge in [-0.05, 0) is 49.9 Å². The summed E-state index contributed by atoms with van der Waals surface area (Å²) >= 11 is 0. The van der Waals surface area contributed by atoms with Crippen molar-refractivity contribution in [2.45, 2.75) is 38.4 Å². The smallest absolute Gasteiger partial charge is 0.157 e. The first-order chi connectivity index (χ1) is 7.42. The van der Waals surface area contributed by atoms with Crippen molar-refractivity contribution in [2.24, 2.45) is 17.8 Å². The third kappa shape index (κ3) is 2.11. The van der Waals surface area contributed by atoms with Crippen molar-refractivity contribution in [3.8, 4) is 0 Å². The van der Waals surface area contributed by atoms with Gasteiger partial charge in [-0.25, -0.2) is 0 Å². The van der Waals surface area contributed by atoms with Gasteiger partial charge in [-0.15, -0.1) is 0 Å². The summed E-state index contributed by atoms with van der Waals surface area (Å²) in [5, 5.41) is 0. The van der Waals surface area contributed by atoms with Crippen LogP contribution in [0.3, 0.4) is 0 Å². The molecule has 0 radical (unpaired) electrons. The molecule has 0 aromatic rings. The minimum absolute atomic E-state index is 0.0989. The standard InChI is InChI=1S/C13H20O2/c1-6-14-13(15-7-1)5-4-12-9-10-2-3-11(12)8-10/h2-3,10-13H,1,4-9H2. The lowest BCUT2D eigenvalue weighted by molar-refractivity contribution is -0.182. The minimum Gasteiger partial charge on any atom is -0.353 e. The minimum atomic E-state index is 0.0989. The normalized spacial score (nSPS) is 40.1. The van der Waals surface area contributed by atoms with Gasteiger partial charge < -0.3 is 9.47 Å². The van der Waals surface area contributed by atoms with Gasteiger partial charge in [0, 0.05) is 0 Å². The van der Waals surface area contributed by atoms with Crippen molar-refractivity contribution in [2.75, 3.05) is 13.2 Å². The Balaban J connectivity index is 1.44. The highest BCUT2D eigenvalue weighted by Gasteiger charge is 2.35. The summed E-state index contributed by atoms with van der Waals surface area (Å²) in [4.78, 5) is 0. The van der Waals surface area contributed by atoms with E-state index in [1.807, 2.05) is 0 Å². The molecule has 0 spiro atoms. The largest absolute Gasteiger partial charge is 0.353 e. The van der Waals surface area contributed by atoms with Crippen LogP contribution in [0.2, 0.25) is 0 Å². The average Bonchev–Trinajstić information content (AvgIpc) is 2.89. The molecule has 3 rings (SSSR count). The Labute approximate surface area is 91.6 Å². The number of fused-ring (bicyclic) bond motifs is 2. The molecule has 3 aliphatic rings. The van der Waals surface area contributed by atoms with E-state index in [1.165, 1.54) is 19.3 Å². The Morgan fingerprint density at radius 2 is 1.87 bits per heavy atom. The van der Waals surface area contributed by atoms with E-state index in [4.69, 9.17) is 9.47 Å². The molecule has 1 saturated heterocycles. The fourth-order valence-electron chi connectivity index (χ4n) is 3.28. The first-order valence-corrected chi connectivity index (χ1v) is 6.33. The first kappa shape index (κ1) is 9.86. The second-order valence-electron chi connectivity index (χ2n) is 5.14. The zero-order chi connectivity index (χ0) is 10.1. The van der Waals surface area contributed by atoms with Gasteiger partial charge in [0.05, 0.1) is 13.2 Å². The molecular weight excluding hydrogens is 188 g/mol. The average molecular weight is 208 g/mol. The maximum atomic E-state index is 5.58. The van der Waals surface area contributed by atoms with Crippen LogP contribution in [0.5, 0.6) is 0 Å². The number of hydrogen-bond acceptors (Lipinski definition) is 2. The summed E-state index contributed by atoms with van der Waals surface area (Å²) in [6.07, 6.45) is 11.2. The summed E-state index contributed by atoms with van der Waals surface area (Å²) < 4.78 is 11.2. The van der Waals surface area contributed by atoms with Gasteiger partial charge in [0.2, 0.25) is 0 Å². The molecule has 2 heteroatoms. The monoisotopic (exact) mass is 208 g/mol. The lowest BCUT2D eigenvalue weighted by Crippen LogP contribution is -2.25. The van der Waals surface area contributed by atoms with Crippen molar-refractivity contribution in [1.82, 2.24) is 0 Å². The van der Waals surface area contributed by atoms with Gasteiger partial charge in [0.1, 0.15) is 0 Å². The Kier molecular flexibility index (Phi) is 2.80. The van der Waals surface area contributed by atoms with E-state index < -0.39 is 0 Å². The molecule has 2 bridgehead atoms. The maximum Gasteiger partial charge on any atom is 0.157 e. The van der Waals surface area contributed by atoms with Crippen LogP contribution in [0.15, 0.2) is 12.2 Å². The summed E-state index contributed by atoms with van der Waals surface area (Å²) in [5.74, 6) is 2.68. The number of hydrogen-bond donors (Lipinski definition) is 0. The fourth-order valence-corrected chi connectivity index (χ4v) is 3.28. The van der Waals surface area contributed by atoms with Gasteiger partial charge in [-0.3, -0.25) is 0 Å². The maximum absolute atomic E-state index is 5.58. The van der Waals surface area contributed by atoms with Gasteiger partial charge in [0.15, 0.2) is 6.29 Å². The molecule has 3 unspecified atom stereocenters. The molecule has 1 saturated carbocycles. The fraction of sp³-hybridized carbons (Fsp3) is 0.846. The molecule has 1 aliphatic heterocycles. The van der Waals surface area contributed by atoms with E-state index in [0.717, 1.165) is 43.8 Å². The van der Waals surface area contributed by atoms with Crippen LogP contribution in [0, 0.1) is 17.8 Å². The third-order valence-electron chi connectivity index (χ3n) is 4.09. The van der Waals surface area contributed by atoms with Crippen LogP contribution < -0.4 is 0 Å². The Morgan fingerprint density at radius 3 is 2.53 bits per heavy atom. The van der Waals surface area contributed by atoms with Crippen molar-refractivity contribution in [3.05, 3.63) is 12.2 Å². The summed E-state index contributed by atoms with van der Waals surface area (Å²) in [6, 6.07) is 0. The topological polar surface area (TPSA) is 18.5 Å². The van der Waals surface area contributed by atoms with Crippen LogP contribution >= 0.6 is 0 Å². The predicted octanol–water partition coefficient (Wildman–Crippen LogP) is 2.74. The van der Waals surface area contributed by atoms with Crippen LogP contribution in [0.25, 0.3) is 0 Å². The molecule has 0 N–H and O–H groups in total. The van der Waals surface area contributed by atoms with Crippen molar-refractivity contribution >= 4 is 0 Å². The lowest BCUT2D eigenvalue weighted by atomic mass is 9.89. The van der Waals surface area contributed by atoms with Crippen molar-refractivity contribution in [3.63, 3.8) is 0 Å². The predicted molar refractivity (Wildman–Crippen MR) is 58.4 cm³/mol. The molecular formula is C13H20O2. The quantitative estimate of drug-likeness (QED) is 0.664. The summed E-state index contributed by atoms with van der Waals surface area (Å²) in [5.41, 5.74) is 0. The number of rotatable bonds is 3. The van der Waals surface area contributed by atoms with E-state index in [1.54, 1.807) is 0 Å². The second kappa shape index (κ2) is 4.26. The molecule has 0 aromatic carbocycles. The molecule has 1 heterocycles. The third-order valence-corrected chi connectivity index (χ3v) is 4.09. The highest BCUT2D eigenvalue weighted by Crippen LogP contribution is 2.45. The molecule has 84 valence electrons. The zero-order valence-corrected chi connectivity index (χ0v) is 9.23. The van der Waals surface area contributed by atoms with Crippen LogP contribution in [-0.4, -0.2) is 19.5 Å². The van der Waals surface area contributed by atoms with Gasteiger partial charge >= 0.3 is 0 Å². The number of ether oxygens (including phenoxy) is 2. The van der Waals surface area contributed by atoms with E-state index in [2.05, 4.69) is 12.2 Å². The first-order valence-electron chi connectivity index (χ1n) is 6.33. The molecule has 2 fully saturated rings. The Hall–Kier alpha value is -0.340. The molecule has 2 nitrogen and oxygen atoms in total. The molecule has 15 heavy (non-hydrogen) atoms. The van der Waals surface area contributed by atoms with Gasteiger partial charge in [-0.1, -0.05) is 12.2 Å². The van der Waals surface area contributed by atoms with Crippen LogP contribution in [-0.2, 0) is 9.47 Å². The van der Waals surface area contributed by atoms with Crippen molar-refractivity contribution < 1.29 is 9.47 Å². The highest BCUT2D eigenvalue weighted by atomic mass is 16.7. The SMILES string of the molecule is C1=CC2CC1CC2CCC1OCCCO1. The zero-order valence-electron chi connectivity index (χ0n) is 9.23. The number of allylic oxidation sites excluding steroid dienone is 2. The van der Waals surface area contributed by atoms with Crippen LogP contribution in [0.4, 0.5) is 0 Å². The lowest BCUT2D eigenvalue weighted by Gasteiger charge is -2.25. The Morgan fingerprint density at radius 1 is 1.00 bits per heavy atom. The highest BCUT2D eigenvalue weighted by molar-refractivity contribution is 5.09. The van der Waals surface area contributed by atoms with Gasteiger partial charge in [-0.2, -0.15) is 0 Å². The van der Waals surface area contributed by atoms with Gasteiger partial charge in [0.25, 0.3) is 0 Å². The van der Waals surface area contributed by atoms with E-state index >= 15 is 0 Å². The van der Waals surface area contributed by atoms with E-state index in [9.17, 15) is 0 Å². The molecule has 0 aromatic heterocycles. The summed E-state index contributed by atoms with van der Waals surface area (Å²) in [7, 11) is 0. The molecule has 0 amide bonds. The van der Waals surface area contributed by atoms with Crippen LogP contribution in [0.1, 0.15) is 32.1 Å². The van der Waals surface area contributed by atoms with Crippen molar-refractivity contribution in [1.29, 1.82) is 0 Å². The Bertz CT molecular complexity index is 243.